The van der Waals surface area contributed by atoms with Gasteiger partial charge in [-0.15, -0.1) is 0 Å². The fourth-order valence-corrected chi connectivity index (χ4v) is 2.77. The van der Waals surface area contributed by atoms with Crippen LogP contribution in [0, 0.1) is 6.92 Å². The van der Waals surface area contributed by atoms with Crippen molar-refractivity contribution >= 4 is 5.78 Å². The molecule has 1 aromatic carbocycles. The zero-order valence-corrected chi connectivity index (χ0v) is 12.3. The maximum absolute atomic E-state index is 12.5. The van der Waals surface area contributed by atoms with Crippen LogP contribution >= 0.6 is 0 Å². The van der Waals surface area contributed by atoms with Crippen molar-refractivity contribution in [2.24, 2.45) is 0 Å². The SMILES string of the molecule is COc1cc(C)ccc1C(=O)CN1CCCCC1CO. The van der Waals surface area contributed by atoms with Crippen molar-refractivity contribution in [3.63, 3.8) is 0 Å². The molecule has 0 bridgehead atoms. The number of aliphatic hydroxyl groups excluding tert-OH is 1. The summed E-state index contributed by atoms with van der Waals surface area (Å²) in [5, 5.41) is 9.40. The van der Waals surface area contributed by atoms with Gasteiger partial charge in [-0.2, -0.15) is 0 Å². The molecule has 1 saturated heterocycles. The van der Waals surface area contributed by atoms with Gasteiger partial charge in [-0.25, -0.2) is 0 Å². The Morgan fingerprint density at radius 1 is 1.45 bits per heavy atom. The van der Waals surface area contributed by atoms with Crippen molar-refractivity contribution in [2.45, 2.75) is 32.2 Å². The number of ether oxygens (including phenoxy) is 1. The lowest BCUT2D eigenvalue weighted by Crippen LogP contribution is -2.44. The Bertz CT molecular complexity index is 473. The summed E-state index contributed by atoms with van der Waals surface area (Å²) in [6, 6.07) is 5.75. The summed E-state index contributed by atoms with van der Waals surface area (Å²) in [5.41, 5.74) is 1.70. The van der Waals surface area contributed by atoms with Gasteiger partial charge in [0.05, 0.1) is 25.8 Å². The molecule has 0 radical (unpaired) electrons. The molecule has 0 amide bonds. The van der Waals surface area contributed by atoms with Gasteiger partial charge in [0.15, 0.2) is 5.78 Å². The fourth-order valence-electron chi connectivity index (χ4n) is 2.77. The van der Waals surface area contributed by atoms with Crippen molar-refractivity contribution in [1.29, 1.82) is 0 Å². The predicted molar refractivity (Wildman–Crippen MR) is 78.4 cm³/mol. The van der Waals surface area contributed by atoms with E-state index in [1.165, 1.54) is 0 Å². The van der Waals surface area contributed by atoms with E-state index in [-0.39, 0.29) is 18.4 Å². The molecule has 1 heterocycles. The zero-order chi connectivity index (χ0) is 14.5. The van der Waals surface area contributed by atoms with E-state index in [4.69, 9.17) is 4.74 Å². The number of hydrogen-bond acceptors (Lipinski definition) is 4. The third-order valence-electron chi connectivity index (χ3n) is 3.96. The number of likely N-dealkylation sites (tertiary alicyclic amines) is 1. The topological polar surface area (TPSA) is 49.8 Å². The van der Waals surface area contributed by atoms with Crippen LogP contribution in [0.4, 0.5) is 0 Å². The van der Waals surface area contributed by atoms with Gasteiger partial charge >= 0.3 is 0 Å². The Morgan fingerprint density at radius 3 is 2.95 bits per heavy atom. The van der Waals surface area contributed by atoms with Crippen LogP contribution < -0.4 is 4.74 Å². The zero-order valence-electron chi connectivity index (χ0n) is 12.3. The highest BCUT2D eigenvalue weighted by molar-refractivity contribution is 6.00. The summed E-state index contributed by atoms with van der Waals surface area (Å²) in [6.07, 6.45) is 3.19. The molecule has 1 unspecified atom stereocenters. The van der Waals surface area contributed by atoms with Crippen LogP contribution in [0.1, 0.15) is 35.2 Å². The molecule has 1 aliphatic rings. The lowest BCUT2D eigenvalue weighted by molar-refractivity contribution is 0.0709. The van der Waals surface area contributed by atoms with E-state index in [1.807, 2.05) is 25.1 Å². The number of ketones is 1. The highest BCUT2D eigenvalue weighted by Crippen LogP contribution is 2.22. The van der Waals surface area contributed by atoms with Gasteiger partial charge < -0.3 is 9.84 Å². The number of nitrogens with zero attached hydrogens (tertiary/aromatic N) is 1. The second-order valence-corrected chi connectivity index (χ2v) is 5.43. The Balaban J connectivity index is 2.11. The number of hydrogen-bond donors (Lipinski definition) is 1. The van der Waals surface area contributed by atoms with Crippen molar-refractivity contribution in [3.8, 4) is 5.75 Å². The number of benzene rings is 1. The third-order valence-corrected chi connectivity index (χ3v) is 3.96. The smallest absolute Gasteiger partial charge is 0.180 e. The minimum atomic E-state index is 0.0576. The molecular formula is C16H23NO3. The Kier molecular flexibility index (Phi) is 5.15. The van der Waals surface area contributed by atoms with E-state index in [0.717, 1.165) is 31.4 Å². The Labute approximate surface area is 120 Å². The lowest BCUT2D eigenvalue weighted by atomic mass is 10.0. The van der Waals surface area contributed by atoms with Crippen molar-refractivity contribution in [1.82, 2.24) is 4.90 Å². The molecule has 4 nitrogen and oxygen atoms in total. The van der Waals surface area contributed by atoms with Gasteiger partial charge in [0.2, 0.25) is 0 Å². The predicted octanol–water partition coefficient (Wildman–Crippen LogP) is 2.03. The minimum Gasteiger partial charge on any atom is -0.496 e. The second kappa shape index (κ2) is 6.86. The molecule has 0 aliphatic carbocycles. The summed E-state index contributed by atoms with van der Waals surface area (Å²) in [5.74, 6) is 0.690. The van der Waals surface area contributed by atoms with E-state index in [0.29, 0.717) is 17.9 Å². The largest absolute Gasteiger partial charge is 0.496 e. The summed E-state index contributed by atoms with van der Waals surface area (Å²) < 4.78 is 5.30. The highest BCUT2D eigenvalue weighted by atomic mass is 16.5. The van der Waals surface area contributed by atoms with E-state index < -0.39 is 0 Å². The van der Waals surface area contributed by atoms with Gasteiger partial charge in [-0.05, 0) is 44.0 Å². The number of carbonyl (C=O) groups is 1. The third kappa shape index (κ3) is 3.38. The number of methoxy groups -OCH3 is 1. The van der Waals surface area contributed by atoms with E-state index in [1.54, 1.807) is 7.11 Å². The minimum absolute atomic E-state index is 0.0576. The van der Waals surface area contributed by atoms with Gasteiger partial charge in [0.1, 0.15) is 5.75 Å². The molecule has 1 N–H and O–H groups in total. The van der Waals surface area contributed by atoms with Crippen LogP contribution in [0.5, 0.6) is 5.75 Å². The number of piperidine rings is 1. The first-order valence-electron chi connectivity index (χ1n) is 7.18. The summed E-state index contributed by atoms with van der Waals surface area (Å²) in [7, 11) is 1.59. The Morgan fingerprint density at radius 2 is 2.25 bits per heavy atom. The number of carbonyl (C=O) groups excluding carboxylic acids is 1. The van der Waals surface area contributed by atoms with Crippen LogP contribution in [0.3, 0.4) is 0 Å². The number of Topliss-reactive ketones (excluding diaryl/α,β-unsaturated/α-hetero) is 1. The van der Waals surface area contributed by atoms with Gasteiger partial charge in [-0.1, -0.05) is 12.5 Å². The molecule has 0 spiro atoms. The maximum atomic E-state index is 12.5. The molecule has 110 valence electrons. The van der Waals surface area contributed by atoms with Crippen LogP contribution in [-0.2, 0) is 0 Å². The molecule has 1 aromatic rings. The average Bonchev–Trinajstić information content (AvgIpc) is 2.47. The first-order valence-corrected chi connectivity index (χ1v) is 7.18. The summed E-state index contributed by atoms with van der Waals surface area (Å²) in [4.78, 5) is 14.6. The molecule has 1 aliphatic heterocycles. The second-order valence-electron chi connectivity index (χ2n) is 5.43. The first-order chi connectivity index (χ1) is 9.65. The fraction of sp³-hybridized carbons (Fsp3) is 0.562. The van der Waals surface area contributed by atoms with Gasteiger partial charge in [0.25, 0.3) is 0 Å². The van der Waals surface area contributed by atoms with Crippen molar-refractivity contribution < 1.29 is 14.6 Å². The van der Waals surface area contributed by atoms with Gasteiger partial charge in [-0.3, -0.25) is 9.69 Å². The molecular weight excluding hydrogens is 254 g/mol. The van der Waals surface area contributed by atoms with E-state index in [2.05, 4.69) is 4.90 Å². The van der Waals surface area contributed by atoms with Crippen LogP contribution in [0.2, 0.25) is 0 Å². The van der Waals surface area contributed by atoms with E-state index >= 15 is 0 Å². The average molecular weight is 277 g/mol. The standard InChI is InChI=1S/C16H23NO3/c1-12-6-7-14(16(9-12)20-2)15(19)10-17-8-4-3-5-13(17)11-18/h6-7,9,13,18H,3-5,8,10-11H2,1-2H3. The number of aryl methyl sites for hydroxylation is 1. The molecule has 0 saturated carbocycles. The monoisotopic (exact) mass is 277 g/mol. The first kappa shape index (κ1) is 15.0. The van der Waals surface area contributed by atoms with Gasteiger partial charge in [0, 0.05) is 6.04 Å². The van der Waals surface area contributed by atoms with Crippen LogP contribution in [-0.4, -0.2) is 48.6 Å². The van der Waals surface area contributed by atoms with E-state index in [9.17, 15) is 9.90 Å². The van der Waals surface area contributed by atoms with Crippen molar-refractivity contribution in [2.75, 3.05) is 26.8 Å². The van der Waals surface area contributed by atoms with Crippen LogP contribution in [0.15, 0.2) is 18.2 Å². The summed E-state index contributed by atoms with van der Waals surface area (Å²) in [6.45, 7) is 3.33. The molecule has 4 heteroatoms. The molecule has 1 atom stereocenters. The molecule has 1 fully saturated rings. The summed E-state index contributed by atoms with van der Waals surface area (Å²) >= 11 is 0. The normalized spacial score (nSPS) is 19.9. The highest BCUT2D eigenvalue weighted by Gasteiger charge is 2.24. The quantitative estimate of drug-likeness (QED) is 0.837. The molecule has 2 rings (SSSR count). The molecule has 20 heavy (non-hydrogen) atoms. The Hall–Kier alpha value is -1.39. The van der Waals surface area contributed by atoms with Crippen molar-refractivity contribution in [3.05, 3.63) is 29.3 Å². The number of aliphatic hydroxyl groups is 1. The lowest BCUT2D eigenvalue weighted by Gasteiger charge is -2.34. The molecule has 0 aromatic heterocycles. The maximum Gasteiger partial charge on any atom is 0.180 e. The van der Waals surface area contributed by atoms with Crippen LogP contribution in [0.25, 0.3) is 0 Å². The number of rotatable bonds is 5.